The third-order valence-corrected chi connectivity index (χ3v) is 15.2. The second-order valence-corrected chi connectivity index (χ2v) is 23.5. The molecule has 2 aromatic heterocycles. The molecule has 0 unspecified atom stereocenters. The van der Waals surface area contributed by atoms with Crippen LogP contribution in [0.4, 0.5) is 0 Å². The van der Waals surface area contributed by atoms with Crippen molar-refractivity contribution in [3.63, 3.8) is 0 Å². The molecule has 18 nitrogen and oxygen atoms in total. The van der Waals surface area contributed by atoms with Crippen LogP contribution in [-0.2, 0) is 18.4 Å². The molecule has 2 heterocycles. The van der Waals surface area contributed by atoms with Crippen LogP contribution in [0.15, 0.2) is 189 Å². The lowest BCUT2D eigenvalue weighted by Gasteiger charge is -2.09. The zero-order valence-electron chi connectivity index (χ0n) is 45.9. The van der Waals surface area contributed by atoms with E-state index in [9.17, 15) is 10.4 Å². The first-order valence-electron chi connectivity index (χ1n) is 25.0. The predicted octanol–water partition coefficient (Wildman–Crippen LogP) is 13.3. The van der Waals surface area contributed by atoms with E-state index < -0.39 is 14.2 Å². The maximum Gasteiger partial charge on any atom is 0.488 e. The summed E-state index contributed by atoms with van der Waals surface area (Å²) < 4.78 is 7.18. The summed E-state index contributed by atoms with van der Waals surface area (Å²) in [4.78, 5) is 7.75. The van der Waals surface area contributed by atoms with Crippen molar-refractivity contribution in [1.29, 1.82) is 21.0 Å². The Morgan fingerprint density at radius 1 is 0.427 bits per heavy atom. The summed E-state index contributed by atoms with van der Waals surface area (Å²) in [7, 11) is -3.10. The average Bonchev–Trinajstić information content (AvgIpc) is 4.49. The molecule has 0 aliphatic heterocycles. The van der Waals surface area contributed by atoms with Crippen molar-refractivity contribution in [3.8, 4) is 58.4 Å². The molecule has 0 atom stereocenters. The first-order chi connectivity index (χ1) is 42.4. The number of nitriles is 4. The summed E-state index contributed by atoms with van der Waals surface area (Å²) in [5, 5.41) is 116. The van der Waals surface area contributed by atoms with Gasteiger partial charge in [-0.3, -0.25) is 0 Å². The largest absolute Gasteiger partial charge is 0.506 e. The van der Waals surface area contributed by atoms with Crippen LogP contribution in [0.5, 0.6) is 23.0 Å². The molecule has 10 rings (SSSR count). The van der Waals surface area contributed by atoms with E-state index in [1.165, 1.54) is 55.1 Å². The summed E-state index contributed by atoms with van der Waals surface area (Å²) >= 11 is 39.0. The molecule has 0 fully saturated rings. The maximum atomic E-state index is 9.51. The van der Waals surface area contributed by atoms with Gasteiger partial charge in [-0.15, -0.1) is 0 Å². The number of phenols is 4. The SMILES string of the molecule is Cc1cc(Br)ccc1C#N.N#Cc1ccc(-c2ccc(O)c(Cl)c2)cc1Cn1cncn1.N#Cc1ccc(Br)cc1CBr.N#Cc1ccc(Br)cc1Cn1cncn1.OB(O)c1ccc(O)c(Cl)c1.OB(O)c1ccc(O)c(Cl)c1.Oc1ccc(Br)cc1Cl. The van der Waals surface area contributed by atoms with E-state index in [-0.39, 0.29) is 44.0 Å². The van der Waals surface area contributed by atoms with E-state index >= 15 is 0 Å². The van der Waals surface area contributed by atoms with Crippen molar-refractivity contribution < 1.29 is 40.5 Å². The first-order valence-corrected chi connectivity index (χ1v) is 30.8. The standard InChI is InChI=1S/C16H11ClN4O.C10H7BrN4.C8H5Br2N.C8H6BrN.2C6H6BClO3.C6H4BrClO/c17-15-6-12(3-4-16(15)22)11-1-2-13(7-18)14(5-11)8-21-10-19-9-20-21;11-10-2-1-8(4-12)9(3-10)5-15-7-13-6-14-15;9-4-7-3-8(10)2-1-6(7)5-11;1-6-4-8(9)3-2-7(6)5-10;2*8-5-3-4(7(10)11)1-2-6(5)9;7-4-1-2-6(9)5(8)3-4/h1-6,9-10,22H,8H2;1-3,6-7H,5H2;1-3H,4H2;2-4H,1H3;2*1-3,9-11H;1-3,9H. The van der Waals surface area contributed by atoms with Gasteiger partial charge in [0.2, 0.25) is 0 Å². The van der Waals surface area contributed by atoms with Crippen molar-refractivity contribution in [3.05, 3.63) is 253 Å². The summed E-state index contributed by atoms with van der Waals surface area (Å²) in [6.07, 6.45) is 6.16. The quantitative estimate of drug-likeness (QED) is 0.0518. The molecule has 0 amide bonds. The van der Waals surface area contributed by atoms with Crippen LogP contribution in [-0.4, -0.2) is 84.3 Å². The lowest BCUT2D eigenvalue weighted by atomic mass is 9.80. The second kappa shape index (κ2) is 38.3. The van der Waals surface area contributed by atoms with Gasteiger partial charge in [0.1, 0.15) is 48.3 Å². The van der Waals surface area contributed by atoms with Gasteiger partial charge in [0.05, 0.1) is 79.7 Å². The van der Waals surface area contributed by atoms with Crippen LogP contribution in [0.1, 0.15) is 44.5 Å². The van der Waals surface area contributed by atoms with Gasteiger partial charge in [-0.1, -0.05) is 150 Å². The number of rotatable bonds is 8. The number of halogens is 9. The molecule has 0 aliphatic carbocycles. The molecule has 0 radical (unpaired) electrons. The fourth-order valence-electron chi connectivity index (χ4n) is 6.86. The van der Waals surface area contributed by atoms with Crippen molar-refractivity contribution in [2.24, 2.45) is 0 Å². The molecule has 0 saturated carbocycles. The predicted molar refractivity (Wildman–Crippen MR) is 362 cm³/mol. The van der Waals surface area contributed by atoms with E-state index in [1.54, 1.807) is 76.6 Å². The first kappa shape index (κ1) is 74.2. The molecular formula is C60H45B2Br5Cl4N10O8. The summed E-state index contributed by atoms with van der Waals surface area (Å²) in [6, 6.07) is 48.7. The van der Waals surface area contributed by atoms with Crippen LogP contribution in [0.25, 0.3) is 11.1 Å². The van der Waals surface area contributed by atoms with E-state index in [0.29, 0.717) is 34.3 Å². The van der Waals surface area contributed by atoms with Gasteiger partial charge in [-0.05, 0) is 173 Å². The molecule has 8 N–H and O–H groups in total. The highest BCUT2D eigenvalue weighted by Gasteiger charge is 2.14. The van der Waals surface area contributed by atoms with Gasteiger partial charge in [0.25, 0.3) is 0 Å². The minimum Gasteiger partial charge on any atom is -0.506 e. The Morgan fingerprint density at radius 3 is 1.15 bits per heavy atom. The molecular weight excluding hydrogens is 1550 g/mol. The van der Waals surface area contributed by atoms with Gasteiger partial charge >= 0.3 is 14.2 Å². The second-order valence-electron chi connectivity index (χ2n) is 17.6. The molecule has 29 heteroatoms. The number of nitrogens with zero attached hydrogens (tertiary/aromatic N) is 10. The highest BCUT2D eigenvalue weighted by Crippen LogP contribution is 2.31. The van der Waals surface area contributed by atoms with Crippen molar-refractivity contribution in [2.75, 3.05) is 0 Å². The minimum atomic E-state index is -1.55. The lowest BCUT2D eigenvalue weighted by molar-refractivity contribution is 0.424. The molecule has 0 spiro atoms. The zero-order chi connectivity index (χ0) is 65.7. The highest BCUT2D eigenvalue weighted by atomic mass is 79.9. The van der Waals surface area contributed by atoms with Gasteiger partial charge in [-0.25, -0.2) is 19.3 Å². The fourth-order valence-corrected chi connectivity index (χ4v) is 9.85. The Balaban J connectivity index is 0.000000228. The number of hydrogen-bond acceptors (Lipinski definition) is 16. The molecule has 0 aliphatic rings. The molecule has 8 aromatic carbocycles. The number of aryl methyl sites for hydroxylation is 1. The summed E-state index contributed by atoms with van der Waals surface area (Å²) in [5.74, 6) is 0.00824. The molecule has 0 bridgehead atoms. The number of phenolic OH excluding ortho intramolecular Hbond substituents is 4. The third-order valence-electron chi connectivity index (χ3n) is 11.4. The van der Waals surface area contributed by atoms with E-state index in [1.807, 2.05) is 55.5 Å². The highest BCUT2D eigenvalue weighted by molar-refractivity contribution is 9.11. The summed E-state index contributed by atoms with van der Waals surface area (Å²) in [5.41, 5.74) is 8.81. The molecule has 452 valence electrons. The van der Waals surface area contributed by atoms with E-state index in [0.717, 1.165) is 67.7 Å². The number of alkyl halides is 1. The molecule has 0 saturated heterocycles. The van der Waals surface area contributed by atoms with E-state index in [4.69, 9.17) is 97.6 Å². The smallest absolute Gasteiger partial charge is 0.488 e. The van der Waals surface area contributed by atoms with Crippen LogP contribution in [0.3, 0.4) is 0 Å². The van der Waals surface area contributed by atoms with Gasteiger partial charge in [-0.2, -0.15) is 31.2 Å². The zero-order valence-corrected chi connectivity index (χ0v) is 56.8. The van der Waals surface area contributed by atoms with Crippen LogP contribution in [0.2, 0.25) is 20.1 Å². The van der Waals surface area contributed by atoms with Crippen LogP contribution < -0.4 is 10.9 Å². The minimum absolute atomic E-state index is 0.0434. The Labute approximate surface area is 574 Å². The number of hydrogen-bond donors (Lipinski definition) is 8. The van der Waals surface area contributed by atoms with Crippen molar-refractivity contribution in [1.82, 2.24) is 29.5 Å². The van der Waals surface area contributed by atoms with Crippen molar-refractivity contribution in [2.45, 2.75) is 25.3 Å². The molecule has 10 aromatic rings. The Bertz CT molecular complexity index is 4080. The van der Waals surface area contributed by atoms with Crippen LogP contribution >= 0.6 is 126 Å². The van der Waals surface area contributed by atoms with Gasteiger partial charge < -0.3 is 40.5 Å². The fraction of sp³-hybridized carbons (Fsp3) is 0.0667. The Kier molecular flexibility index (Phi) is 31.9. The van der Waals surface area contributed by atoms with Crippen molar-refractivity contribution >= 4 is 151 Å². The number of aromatic hydroxyl groups is 4. The third kappa shape index (κ3) is 25.3. The topological polar surface area (TPSA) is 318 Å². The van der Waals surface area contributed by atoms with Gasteiger partial charge in [0, 0.05) is 23.2 Å². The lowest BCUT2D eigenvalue weighted by Crippen LogP contribution is -2.29. The Morgan fingerprint density at radius 2 is 0.764 bits per heavy atom. The normalized spacial score (nSPS) is 9.73. The number of benzene rings is 8. The number of aromatic nitrogens is 6. The van der Waals surface area contributed by atoms with Crippen LogP contribution in [0, 0.1) is 52.2 Å². The average molecular weight is 1600 g/mol. The summed E-state index contributed by atoms with van der Waals surface area (Å²) in [6.45, 7) is 2.94. The maximum absolute atomic E-state index is 9.51. The Hall–Kier alpha value is -7.27. The van der Waals surface area contributed by atoms with Gasteiger partial charge in [0.15, 0.2) is 0 Å². The monoisotopic (exact) mass is 1590 g/mol. The van der Waals surface area contributed by atoms with E-state index in [2.05, 4.69) is 124 Å². The molecule has 89 heavy (non-hydrogen) atoms.